The largest absolute Gasteiger partial charge is 0.399 e. The predicted octanol–water partition coefficient (Wildman–Crippen LogP) is 1.32. The minimum Gasteiger partial charge on any atom is -0.399 e. The first-order valence-corrected chi connectivity index (χ1v) is 5.55. The molecule has 2 rings (SSSR count). The lowest BCUT2D eigenvalue weighted by Gasteiger charge is -2.16. The van der Waals surface area contributed by atoms with E-state index in [2.05, 4.69) is 5.32 Å². The number of ether oxygens (including phenoxy) is 1. The van der Waals surface area contributed by atoms with Gasteiger partial charge in [-0.1, -0.05) is 0 Å². The van der Waals surface area contributed by atoms with Crippen molar-refractivity contribution in [2.75, 3.05) is 12.3 Å². The van der Waals surface area contributed by atoms with Gasteiger partial charge in [0.2, 0.25) is 0 Å². The molecule has 0 aromatic heterocycles. The highest BCUT2D eigenvalue weighted by molar-refractivity contribution is 5.95. The van der Waals surface area contributed by atoms with Crippen LogP contribution < -0.4 is 11.1 Å². The molecule has 2 atom stereocenters. The lowest BCUT2D eigenvalue weighted by atomic mass is 10.1. The van der Waals surface area contributed by atoms with E-state index in [1.54, 1.807) is 0 Å². The summed E-state index contributed by atoms with van der Waals surface area (Å²) in [4.78, 5) is 11.8. The Bertz CT molecular complexity index is 437. The normalized spacial score (nSPS) is 23.6. The van der Waals surface area contributed by atoms with Crippen LogP contribution in [-0.4, -0.2) is 24.7 Å². The number of amides is 1. The van der Waals surface area contributed by atoms with E-state index in [0.29, 0.717) is 12.3 Å². The second-order valence-corrected chi connectivity index (χ2v) is 4.18. The van der Waals surface area contributed by atoms with Crippen LogP contribution in [0.15, 0.2) is 18.2 Å². The van der Waals surface area contributed by atoms with Crippen molar-refractivity contribution in [1.29, 1.82) is 0 Å². The van der Waals surface area contributed by atoms with Crippen LogP contribution in [0.5, 0.6) is 0 Å². The molecular formula is C12H15FN2O2. The van der Waals surface area contributed by atoms with Crippen molar-refractivity contribution in [2.45, 2.75) is 25.5 Å². The van der Waals surface area contributed by atoms with E-state index in [-0.39, 0.29) is 17.7 Å². The maximum absolute atomic E-state index is 13.5. The van der Waals surface area contributed by atoms with Crippen LogP contribution in [0.4, 0.5) is 10.1 Å². The molecule has 92 valence electrons. The van der Waals surface area contributed by atoms with Crippen LogP contribution in [0, 0.1) is 5.82 Å². The number of hydrogen-bond acceptors (Lipinski definition) is 3. The molecule has 1 aromatic rings. The van der Waals surface area contributed by atoms with E-state index in [0.717, 1.165) is 12.5 Å². The minimum absolute atomic E-state index is 0.0123. The molecule has 0 bridgehead atoms. The zero-order valence-corrected chi connectivity index (χ0v) is 9.57. The molecule has 2 unspecified atom stereocenters. The minimum atomic E-state index is -0.603. The van der Waals surface area contributed by atoms with Crippen molar-refractivity contribution in [2.24, 2.45) is 0 Å². The van der Waals surface area contributed by atoms with E-state index >= 15 is 0 Å². The number of benzene rings is 1. The van der Waals surface area contributed by atoms with Gasteiger partial charge in [-0.25, -0.2) is 4.39 Å². The maximum atomic E-state index is 13.5. The molecule has 17 heavy (non-hydrogen) atoms. The molecular weight excluding hydrogens is 223 g/mol. The third-order valence-corrected chi connectivity index (χ3v) is 2.93. The summed E-state index contributed by atoms with van der Waals surface area (Å²) in [5.74, 6) is -1.03. The van der Waals surface area contributed by atoms with Crippen molar-refractivity contribution >= 4 is 11.6 Å². The van der Waals surface area contributed by atoms with Gasteiger partial charge in [-0.05, 0) is 31.5 Å². The number of nitrogen functional groups attached to an aromatic ring is 1. The Hall–Kier alpha value is -1.62. The summed E-state index contributed by atoms with van der Waals surface area (Å²) in [6.45, 7) is 2.51. The summed E-state index contributed by atoms with van der Waals surface area (Å²) in [7, 11) is 0. The van der Waals surface area contributed by atoms with Gasteiger partial charge in [0.15, 0.2) is 0 Å². The highest BCUT2D eigenvalue weighted by Crippen LogP contribution is 2.15. The molecule has 1 fully saturated rings. The number of hydrogen-bond donors (Lipinski definition) is 2. The Labute approximate surface area is 98.9 Å². The van der Waals surface area contributed by atoms with Gasteiger partial charge in [-0.3, -0.25) is 4.79 Å². The SMILES string of the molecule is CC1OCCC1NC(=O)c1ccc(N)cc1F. The number of rotatable bonds is 2. The van der Waals surface area contributed by atoms with E-state index in [1.165, 1.54) is 12.1 Å². The van der Waals surface area contributed by atoms with Crippen LogP contribution in [0.3, 0.4) is 0 Å². The zero-order chi connectivity index (χ0) is 12.4. The number of nitrogens with two attached hydrogens (primary N) is 1. The monoisotopic (exact) mass is 238 g/mol. The fourth-order valence-corrected chi connectivity index (χ4v) is 1.88. The van der Waals surface area contributed by atoms with E-state index in [1.807, 2.05) is 6.92 Å². The predicted molar refractivity (Wildman–Crippen MR) is 62.1 cm³/mol. The lowest BCUT2D eigenvalue weighted by Crippen LogP contribution is -2.39. The Morgan fingerprint density at radius 3 is 2.94 bits per heavy atom. The third kappa shape index (κ3) is 2.55. The lowest BCUT2D eigenvalue weighted by molar-refractivity contribution is 0.0862. The third-order valence-electron chi connectivity index (χ3n) is 2.93. The number of nitrogens with one attached hydrogen (secondary N) is 1. The second-order valence-electron chi connectivity index (χ2n) is 4.18. The Balaban J connectivity index is 2.09. The molecule has 1 heterocycles. The number of carbonyl (C=O) groups is 1. The quantitative estimate of drug-likeness (QED) is 0.764. The molecule has 0 saturated carbocycles. The van der Waals surface area contributed by atoms with Crippen LogP contribution in [-0.2, 0) is 4.74 Å². The summed E-state index contributed by atoms with van der Waals surface area (Å²) < 4.78 is 18.8. The van der Waals surface area contributed by atoms with E-state index in [9.17, 15) is 9.18 Å². The van der Waals surface area contributed by atoms with Crippen molar-refractivity contribution in [3.63, 3.8) is 0 Å². The highest BCUT2D eigenvalue weighted by Gasteiger charge is 2.26. The van der Waals surface area contributed by atoms with Gasteiger partial charge in [0.25, 0.3) is 5.91 Å². The standard InChI is InChI=1S/C12H15FN2O2/c1-7-11(4-5-17-7)15-12(16)9-3-2-8(14)6-10(9)13/h2-3,6-7,11H,4-5,14H2,1H3,(H,15,16). The number of anilines is 1. The maximum Gasteiger partial charge on any atom is 0.254 e. The molecule has 0 aliphatic carbocycles. The topological polar surface area (TPSA) is 64.3 Å². The van der Waals surface area contributed by atoms with Gasteiger partial charge in [-0.2, -0.15) is 0 Å². The smallest absolute Gasteiger partial charge is 0.254 e. The van der Waals surface area contributed by atoms with E-state index < -0.39 is 11.7 Å². The van der Waals surface area contributed by atoms with Crippen LogP contribution in [0.25, 0.3) is 0 Å². The van der Waals surface area contributed by atoms with Crippen molar-refractivity contribution in [3.05, 3.63) is 29.6 Å². The molecule has 1 aliphatic rings. The average Bonchev–Trinajstić information content (AvgIpc) is 2.64. The van der Waals surface area contributed by atoms with Crippen LogP contribution >= 0.6 is 0 Å². The zero-order valence-electron chi connectivity index (χ0n) is 9.57. The summed E-state index contributed by atoms with van der Waals surface area (Å²) in [5, 5.41) is 2.76. The van der Waals surface area contributed by atoms with Gasteiger partial charge >= 0.3 is 0 Å². The van der Waals surface area contributed by atoms with Gasteiger partial charge in [0.1, 0.15) is 5.82 Å². The number of carbonyl (C=O) groups excluding carboxylic acids is 1. The Morgan fingerprint density at radius 2 is 2.35 bits per heavy atom. The molecule has 1 amide bonds. The number of halogens is 1. The van der Waals surface area contributed by atoms with Gasteiger partial charge < -0.3 is 15.8 Å². The van der Waals surface area contributed by atoms with Crippen LogP contribution in [0.1, 0.15) is 23.7 Å². The van der Waals surface area contributed by atoms with Crippen molar-refractivity contribution in [3.8, 4) is 0 Å². The first-order valence-electron chi connectivity index (χ1n) is 5.55. The summed E-state index contributed by atoms with van der Waals surface area (Å²) in [6.07, 6.45) is 0.722. The molecule has 5 heteroatoms. The van der Waals surface area contributed by atoms with Crippen molar-refractivity contribution < 1.29 is 13.9 Å². The first kappa shape index (κ1) is 11.9. The van der Waals surface area contributed by atoms with Crippen LogP contribution in [0.2, 0.25) is 0 Å². The van der Waals surface area contributed by atoms with Crippen molar-refractivity contribution in [1.82, 2.24) is 5.32 Å². The summed E-state index contributed by atoms with van der Waals surface area (Å²) in [6, 6.07) is 3.98. The Morgan fingerprint density at radius 1 is 1.59 bits per heavy atom. The second kappa shape index (κ2) is 4.71. The fourth-order valence-electron chi connectivity index (χ4n) is 1.88. The first-order chi connectivity index (χ1) is 8.08. The van der Waals surface area contributed by atoms with Gasteiger partial charge in [-0.15, -0.1) is 0 Å². The highest BCUT2D eigenvalue weighted by atomic mass is 19.1. The Kier molecular flexibility index (Phi) is 3.28. The summed E-state index contributed by atoms with van der Waals surface area (Å²) in [5.41, 5.74) is 5.74. The molecule has 4 nitrogen and oxygen atoms in total. The van der Waals surface area contributed by atoms with Gasteiger partial charge in [0.05, 0.1) is 17.7 Å². The van der Waals surface area contributed by atoms with E-state index in [4.69, 9.17) is 10.5 Å². The summed E-state index contributed by atoms with van der Waals surface area (Å²) >= 11 is 0. The molecule has 3 N–H and O–H groups in total. The molecule has 1 aromatic carbocycles. The molecule has 0 spiro atoms. The van der Waals surface area contributed by atoms with Gasteiger partial charge in [0, 0.05) is 12.3 Å². The average molecular weight is 238 g/mol. The molecule has 0 radical (unpaired) electrons. The fraction of sp³-hybridized carbons (Fsp3) is 0.417. The molecule has 1 aliphatic heterocycles. The molecule has 1 saturated heterocycles.